The van der Waals surface area contributed by atoms with Crippen LogP contribution in [0.25, 0.3) is 10.8 Å². The van der Waals surface area contributed by atoms with Crippen LogP contribution in [0.3, 0.4) is 0 Å². The number of methoxy groups -OCH3 is 1. The van der Waals surface area contributed by atoms with Crippen molar-refractivity contribution in [3.05, 3.63) is 42.0 Å². The van der Waals surface area contributed by atoms with Crippen molar-refractivity contribution in [2.24, 2.45) is 11.8 Å². The van der Waals surface area contributed by atoms with Crippen molar-refractivity contribution < 1.29 is 14.4 Å². The lowest BCUT2D eigenvalue weighted by Gasteiger charge is -2.32. The first-order chi connectivity index (χ1) is 12.4. The number of amides is 1. The van der Waals surface area contributed by atoms with E-state index < -0.39 is 0 Å². The Morgan fingerprint density at radius 2 is 1.77 bits per heavy atom. The van der Waals surface area contributed by atoms with Gasteiger partial charge < -0.3 is 14.5 Å². The van der Waals surface area contributed by atoms with Crippen molar-refractivity contribution in [2.75, 3.05) is 33.8 Å². The molecule has 0 radical (unpaired) electrons. The predicted octanol–water partition coefficient (Wildman–Crippen LogP) is 2.37. The van der Waals surface area contributed by atoms with Gasteiger partial charge in [-0.25, -0.2) is 0 Å². The Morgan fingerprint density at radius 3 is 2.46 bits per heavy atom. The van der Waals surface area contributed by atoms with E-state index in [1.165, 1.54) is 16.7 Å². The summed E-state index contributed by atoms with van der Waals surface area (Å²) in [6, 6.07) is 12.4. The summed E-state index contributed by atoms with van der Waals surface area (Å²) < 4.78 is 5.28. The number of hydrogen-bond acceptors (Lipinski definition) is 2. The van der Waals surface area contributed by atoms with Gasteiger partial charge in [-0.1, -0.05) is 32.0 Å². The summed E-state index contributed by atoms with van der Waals surface area (Å²) in [5, 5.41) is 2.33. The second kappa shape index (κ2) is 8.09. The third-order valence-electron chi connectivity index (χ3n) is 5.44. The zero-order chi connectivity index (χ0) is 18.7. The van der Waals surface area contributed by atoms with Crippen molar-refractivity contribution in [1.82, 2.24) is 4.90 Å². The smallest absolute Gasteiger partial charge is 0.277 e. The summed E-state index contributed by atoms with van der Waals surface area (Å²) in [5.41, 5.74) is 1.16. The van der Waals surface area contributed by atoms with Gasteiger partial charge in [-0.3, -0.25) is 4.79 Å². The summed E-state index contributed by atoms with van der Waals surface area (Å²) in [6.45, 7) is 8.08. The Morgan fingerprint density at radius 1 is 1.12 bits per heavy atom. The van der Waals surface area contributed by atoms with E-state index in [9.17, 15) is 4.79 Å². The molecule has 4 heteroatoms. The molecule has 0 aromatic heterocycles. The van der Waals surface area contributed by atoms with Crippen LogP contribution in [0.15, 0.2) is 36.4 Å². The normalized spacial score (nSPS) is 23.0. The summed E-state index contributed by atoms with van der Waals surface area (Å²) >= 11 is 0. The number of nitrogens with one attached hydrogen (secondary N) is 1. The molecule has 1 fully saturated rings. The number of carbonyl (C=O) groups excluding carboxylic acids is 1. The van der Waals surface area contributed by atoms with Gasteiger partial charge in [0.2, 0.25) is 0 Å². The maximum Gasteiger partial charge on any atom is 0.277 e. The molecule has 2 aromatic carbocycles. The van der Waals surface area contributed by atoms with Crippen LogP contribution in [0.2, 0.25) is 0 Å². The minimum Gasteiger partial charge on any atom is -0.497 e. The highest BCUT2D eigenvalue weighted by Crippen LogP contribution is 2.22. The van der Waals surface area contributed by atoms with E-state index >= 15 is 0 Å². The van der Waals surface area contributed by atoms with Gasteiger partial charge in [0.05, 0.1) is 20.2 Å². The molecule has 0 aliphatic carbocycles. The van der Waals surface area contributed by atoms with Gasteiger partial charge in [-0.2, -0.15) is 0 Å². The van der Waals surface area contributed by atoms with E-state index in [4.69, 9.17) is 4.74 Å². The van der Waals surface area contributed by atoms with Gasteiger partial charge in [0.25, 0.3) is 5.91 Å². The van der Waals surface area contributed by atoms with Crippen LogP contribution in [-0.2, 0) is 11.3 Å². The highest BCUT2D eigenvalue weighted by atomic mass is 16.5. The Kier molecular flexibility index (Phi) is 5.82. The van der Waals surface area contributed by atoms with Gasteiger partial charge in [-0.05, 0) is 41.0 Å². The Bertz CT molecular complexity index is 764. The Labute approximate surface area is 156 Å². The van der Waals surface area contributed by atoms with Crippen LogP contribution < -0.4 is 9.64 Å². The molecule has 1 N–H and O–H groups in total. The first kappa shape index (κ1) is 18.7. The maximum absolute atomic E-state index is 12.7. The lowest BCUT2D eigenvalue weighted by atomic mass is 9.92. The molecular formula is C22H31N2O2+. The van der Waals surface area contributed by atoms with Crippen LogP contribution >= 0.6 is 0 Å². The highest BCUT2D eigenvalue weighted by Gasteiger charge is 2.27. The largest absolute Gasteiger partial charge is 0.497 e. The summed E-state index contributed by atoms with van der Waals surface area (Å²) in [6.07, 6.45) is 1.29. The fourth-order valence-corrected chi connectivity index (χ4v) is 4.28. The van der Waals surface area contributed by atoms with Crippen molar-refractivity contribution >= 4 is 16.7 Å². The summed E-state index contributed by atoms with van der Waals surface area (Å²) in [5.74, 6) is 2.52. The lowest BCUT2D eigenvalue weighted by molar-refractivity contribution is -0.904. The molecule has 26 heavy (non-hydrogen) atoms. The molecule has 1 aliphatic heterocycles. The van der Waals surface area contributed by atoms with Crippen molar-refractivity contribution in [3.8, 4) is 5.75 Å². The topological polar surface area (TPSA) is 34.0 Å². The van der Waals surface area contributed by atoms with Gasteiger partial charge in [0.1, 0.15) is 5.75 Å². The number of quaternary nitrogens is 1. The number of fused-ring (bicyclic) bond motifs is 1. The minimum atomic E-state index is 0.233. The van der Waals surface area contributed by atoms with Crippen molar-refractivity contribution in [2.45, 2.75) is 26.8 Å². The van der Waals surface area contributed by atoms with Crippen LogP contribution in [0.5, 0.6) is 5.75 Å². The number of piperidine rings is 1. The average molecular weight is 356 g/mol. The fourth-order valence-electron chi connectivity index (χ4n) is 4.28. The van der Waals surface area contributed by atoms with Gasteiger partial charge in [-0.15, -0.1) is 0 Å². The second-order valence-corrected chi connectivity index (χ2v) is 8.08. The number of likely N-dealkylation sites (tertiary alicyclic amines) is 1. The monoisotopic (exact) mass is 355 g/mol. The molecule has 1 aliphatic rings. The third-order valence-corrected chi connectivity index (χ3v) is 5.44. The standard InChI is InChI=1S/C22H30N2O2/c1-16-9-17(2)13-24(12-16)15-22(25)23(3)14-18-5-6-20-11-21(26-4)8-7-19(20)10-18/h5-8,10-11,16-17H,9,12-15H2,1-4H3/p+1/t16-,17+. The number of benzene rings is 2. The molecular weight excluding hydrogens is 324 g/mol. The molecule has 2 aromatic rings. The number of hydrogen-bond donors (Lipinski definition) is 1. The van der Waals surface area contributed by atoms with Crippen LogP contribution in [-0.4, -0.2) is 44.6 Å². The van der Waals surface area contributed by atoms with Gasteiger partial charge in [0, 0.05) is 25.4 Å². The quantitative estimate of drug-likeness (QED) is 0.893. The molecule has 0 saturated carbocycles. The van der Waals surface area contributed by atoms with Crippen LogP contribution in [0.4, 0.5) is 0 Å². The fraction of sp³-hybridized carbons (Fsp3) is 0.500. The SMILES string of the molecule is COc1ccc2cc(CN(C)C(=O)C[NH+]3C[C@H](C)C[C@H](C)C3)ccc2c1. The summed E-state index contributed by atoms with van der Waals surface area (Å²) in [4.78, 5) is 16.0. The molecule has 3 rings (SSSR count). The van der Waals surface area contributed by atoms with E-state index in [-0.39, 0.29) is 5.91 Å². The number of nitrogens with zero attached hydrogens (tertiary/aromatic N) is 1. The first-order valence-electron chi connectivity index (χ1n) is 9.59. The van der Waals surface area contributed by atoms with E-state index in [2.05, 4.69) is 38.1 Å². The molecule has 1 amide bonds. The Hall–Kier alpha value is -2.07. The molecule has 140 valence electrons. The number of rotatable bonds is 5. The molecule has 1 saturated heterocycles. The van der Waals surface area contributed by atoms with Gasteiger partial charge >= 0.3 is 0 Å². The van der Waals surface area contributed by atoms with Gasteiger partial charge in [0.15, 0.2) is 6.54 Å². The van der Waals surface area contributed by atoms with E-state index in [1.807, 2.05) is 24.1 Å². The molecule has 3 atom stereocenters. The second-order valence-electron chi connectivity index (χ2n) is 8.08. The van der Waals surface area contributed by atoms with Crippen molar-refractivity contribution in [3.63, 3.8) is 0 Å². The Balaban J connectivity index is 1.62. The maximum atomic E-state index is 12.7. The predicted molar refractivity (Wildman–Crippen MR) is 105 cm³/mol. The first-order valence-corrected chi connectivity index (χ1v) is 9.59. The highest BCUT2D eigenvalue weighted by molar-refractivity contribution is 5.84. The zero-order valence-electron chi connectivity index (χ0n) is 16.4. The molecule has 1 heterocycles. The zero-order valence-corrected chi connectivity index (χ0v) is 16.4. The summed E-state index contributed by atoms with van der Waals surface area (Å²) in [7, 11) is 3.60. The van der Waals surface area contributed by atoms with E-state index in [0.29, 0.717) is 24.9 Å². The lowest BCUT2D eigenvalue weighted by Crippen LogP contribution is -3.15. The number of likely N-dealkylation sites (N-methyl/N-ethyl adjacent to an activating group) is 1. The minimum absolute atomic E-state index is 0.233. The molecule has 0 bridgehead atoms. The van der Waals surface area contributed by atoms with Crippen LogP contribution in [0.1, 0.15) is 25.8 Å². The third kappa shape index (κ3) is 4.55. The number of carbonyl (C=O) groups is 1. The van der Waals surface area contributed by atoms with Crippen molar-refractivity contribution in [1.29, 1.82) is 0 Å². The number of ether oxygens (including phenoxy) is 1. The van der Waals surface area contributed by atoms with Crippen LogP contribution in [0, 0.1) is 11.8 Å². The van der Waals surface area contributed by atoms with E-state index in [1.54, 1.807) is 7.11 Å². The average Bonchev–Trinajstić information content (AvgIpc) is 2.60. The molecule has 4 nitrogen and oxygen atoms in total. The molecule has 1 unspecified atom stereocenters. The molecule has 0 spiro atoms. The van der Waals surface area contributed by atoms with E-state index in [0.717, 1.165) is 29.8 Å².